The predicted octanol–water partition coefficient (Wildman–Crippen LogP) is 3.79. The molecule has 0 aliphatic carbocycles. The molecule has 26 heavy (non-hydrogen) atoms. The van der Waals surface area contributed by atoms with Gasteiger partial charge in [0.25, 0.3) is 5.91 Å². The van der Waals surface area contributed by atoms with Gasteiger partial charge in [0.2, 0.25) is 0 Å². The molecule has 1 unspecified atom stereocenters. The summed E-state index contributed by atoms with van der Waals surface area (Å²) >= 11 is 0. The van der Waals surface area contributed by atoms with Crippen LogP contribution < -0.4 is 0 Å². The fourth-order valence-electron chi connectivity index (χ4n) is 4.31. The summed E-state index contributed by atoms with van der Waals surface area (Å²) in [5, 5.41) is 1.02. The lowest BCUT2D eigenvalue weighted by atomic mass is 9.76. The molecule has 1 atom stereocenters. The van der Waals surface area contributed by atoms with Gasteiger partial charge in [-0.1, -0.05) is 18.2 Å². The summed E-state index contributed by atoms with van der Waals surface area (Å²) in [6.45, 7) is 7.70. The number of benzene rings is 1. The molecular formula is C21H27NO4. The number of hydrogen-bond donors (Lipinski definition) is 0. The molecule has 0 saturated carbocycles. The van der Waals surface area contributed by atoms with Gasteiger partial charge in [0, 0.05) is 30.6 Å². The van der Waals surface area contributed by atoms with E-state index in [0.717, 1.165) is 62.1 Å². The number of carbonyl (C=O) groups excluding carboxylic acids is 1. The molecule has 0 bridgehead atoms. The van der Waals surface area contributed by atoms with Crippen LogP contribution in [0.3, 0.4) is 0 Å². The Balaban J connectivity index is 1.41. The highest BCUT2D eigenvalue weighted by Gasteiger charge is 2.43. The first-order chi connectivity index (χ1) is 12.6. The van der Waals surface area contributed by atoms with Crippen molar-refractivity contribution in [2.75, 3.05) is 32.9 Å². The number of piperidine rings is 1. The molecule has 5 nitrogen and oxygen atoms in total. The molecule has 0 N–H and O–H groups in total. The summed E-state index contributed by atoms with van der Waals surface area (Å²) in [6, 6.07) is 7.83. The van der Waals surface area contributed by atoms with Gasteiger partial charge >= 0.3 is 0 Å². The highest BCUT2D eigenvalue weighted by Crippen LogP contribution is 2.42. The number of nitrogens with zero attached hydrogens (tertiary/aromatic N) is 1. The van der Waals surface area contributed by atoms with Crippen LogP contribution in [-0.2, 0) is 9.47 Å². The normalized spacial score (nSPS) is 22.4. The van der Waals surface area contributed by atoms with Gasteiger partial charge in [0.05, 0.1) is 19.3 Å². The lowest BCUT2D eigenvalue weighted by Crippen LogP contribution is -2.43. The minimum absolute atomic E-state index is 0.0123. The minimum atomic E-state index is 0.0123. The van der Waals surface area contributed by atoms with Crippen LogP contribution in [0.15, 0.2) is 28.7 Å². The zero-order valence-corrected chi connectivity index (χ0v) is 15.6. The van der Waals surface area contributed by atoms with E-state index < -0.39 is 0 Å². The average Bonchev–Trinajstić information content (AvgIpc) is 3.22. The second-order valence-electron chi connectivity index (χ2n) is 7.64. The summed E-state index contributed by atoms with van der Waals surface area (Å²) in [5.74, 6) is 0.498. The maximum absolute atomic E-state index is 13.0. The second kappa shape index (κ2) is 7.05. The van der Waals surface area contributed by atoms with E-state index in [9.17, 15) is 4.79 Å². The molecule has 2 aromatic rings. The summed E-state index contributed by atoms with van der Waals surface area (Å²) in [6.07, 6.45) is 3.22. The SMILES string of the molecule is CCOCC1CC2(CCN(C(=O)c3oc4ccccc4c3C)CC2)CO1. The number of fused-ring (bicyclic) bond motifs is 1. The first-order valence-electron chi connectivity index (χ1n) is 9.59. The quantitative estimate of drug-likeness (QED) is 0.835. The van der Waals surface area contributed by atoms with Gasteiger partial charge in [-0.2, -0.15) is 0 Å². The topological polar surface area (TPSA) is 51.9 Å². The fourth-order valence-corrected chi connectivity index (χ4v) is 4.31. The van der Waals surface area contributed by atoms with Gasteiger partial charge in [-0.25, -0.2) is 0 Å². The highest BCUT2D eigenvalue weighted by molar-refractivity contribution is 5.98. The van der Waals surface area contributed by atoms with Crippen molar-refractivity contribution in [1.82, 2.24) is 4.90 Å². The van der Waals surface area contributed by atoms with Crippen LogP contribution in [0.5, 0.6) is 0 Å². The van der Waals surface area contributed by atoms with Gasteiger partial charge in [-0.05, 0) is 44.6 Å². The lowest BCUT2D eigenvalue weighted by molar-refractivity contribution is 0.0158. The zero-order chi connectivity index (χ0) is 18.1. The Kier molecular flexibility index (Phi) is 4.76. The zero-order valence-electron chi connectivity index (χ0n) is 15.6. The monoisotopic (exact) mass is 357 g/mol. The van der Waals surface area contributed by atoms with E-state index in [0.29, 0.717) is 12.4 Å². The van der Waals surface area contributed by atoms with Crippen LogP contribution >= 0.6 is 0 Å². The molecule has 1 spiro atoms. The van der Waals surface area contributed by atoms with Crippen LogP contribution in [-0.4, -0.2) is 49.8 Å². The average molecular weight is 357 g/mol. The Hall–Kier alpha value is -1.85. The first kappa shape index (κ1) is 17.6. The lowest BCUT2D eigenvalue weighted by Gasteiger charge is -2.38. The number of carbonyl (C=O) groups is 1. The Labute approximate surface area is 154 Å². The molecular weight excluding hydrogens is 330 g/mol. The number of aryl methyl sites for hydroxylation is 1. The Morgan fingerprint density at radius 2 is 2.08 bits per heavy atom. The van der Waals surface area contributed by atoms with Gasteiger partial charge in [-0.3, -0.25) is 4.79 Å². The number of hydrogen-bond acceptors (Lipinski definition) is 4. The third-order valence-corrected chi connectivity index (χ3v) is 5.94. The maximum Gasteiger partial charge on any atom is 0.289 e. The summed E-state index contributed by atoms with van der Waals surface area (Å²) < 4.78 is 17.3. The molecule has 1 aromatic heterocycles. The Morgan fingerprint density at radius 1 is 1.31 bits per heavy atom. The molecule has 2 fully saturated rings. The van der Waals surface area contributed by atoms with Crippen molar-refractivity contribution in [3.63, 3.8) is 0 Å². The van der Waals surface area contributed by atoms with E-state index in [2.05, 4.69) is 0 Å². The third-order valence-electron chi connectivity index (χ3n) is 5.94. The molecule has 140 valence electrons. The van der Waals surface area contributed by atoms with Crippen LogP contribution in [0.4, 0.5) is 0 Å². The largest absolute Gasteiger partial charge is 0.451 e. The van der Waals surface area contributed by atoms with Crippen molar-refractivity contribution in [3.8, 4) is 0 Å². The number of furan rings is 1. The van der Waals surface area contributed by atoms with E-state index in [1.54, 1.807) is 0 Å². The van der Waals surface area contributed by atoms with Crippen LogP contribution in [0, 0.1) is 12.3 Å². The molecule has 5 heteroatoms. The number of likely N-dealkylation sites (tertiary alicyclic amines) is 1. The van der Waals surface area contributed by atoms with Gasteiger partial charge in [0.15, 0.2) is 5.76 Å². The van der Waals surface area contributed by atoms with Crippen molar-refractivity contribution in [2.45, 2.75) is 39.2 Å². The summed E-state index contributed by atoms with van der Waals surface area (Å²) in [7, 11) is 0. The molecule has 2 aliphatic heterocycles. The van der Waals surface area contributed by atoms with E-state index in [-0.39, 0.29) is 17.4 Å². The Bertz CT molecular complexity index is 788. The van der Waals surface area contributed by atoms with Crippen molar-refractivity contribution in [1.29, 1.82) is 0 Å². The van der Waals surface area contributed by atoms with Crippen LogP contribution in [0.1, 0.15) is 42.3 Å². The van der Waals surface area contributed by atoms with E-state index in [4.69, 9.17) is 13.9 Å². The number of amides is 1. The first-order valence-corrected chi connectivity index (χ1v) is 9.59. The third kappa shape index (κ3) is 3.14. The molecule has 1 aromatic carbocycles. The van der Waals surface area contributed by atoms with Gasteiger partial charge in [0.1, 0.15) is 5.58 Å². The van der Waals surface area contributed by atoms with Crippen molar-refractivity contribution >= 4 is 16.9 Å². The smallest absolute Gasteiger partial charge is 0.289 e. The summed E-state index contributed by atoms with van der Waals surface area (Å²) in [4.78, 5) is 14.9. The van der Waals surface area contributed by atoms with Crippen LogP contribution in [0.2, 0.25) is 0 Å². The maximum atomic E-state index is 13.0. The Morgan fingerprint density at radius 3 is 2.81 bits per heavy atom. The van der Waals surface area contributed by atoms with Gasteiger partial charge in [-0.15, -0.1) is 0 Å². The molecule has 3 heterocycles. The number of ether oxygens (including phenoxy) is 2. The molecule has 2 saturated heterocycles. The standard InChI is InChI=1S/C21H27NO4/c1-3-24-13-16-12-21(14-25-16)8-10-22(11-9-21)20(23)19-15(2)17-6-4-5-7-18(17)26-19/h4-7,16H,3,8-14H2,1-2H3. The predicted molar refractivity (Wildman–Crippen MR) is 99.4 cm³/mol. The fraction of sp³-hybridized carbons (Fsp3) is 0.571. The van der Waals surface area contributed by atoms with Crippen molar-refractivity contribution < 1.29 is 18.7 Å². The van der Waals surface area contributed by atoms with Crippen LogP contribution in [0.25, 0.3) is 11.0 Å². The number of para-hydroxylation sites is 1. The molecule has 0 radical (unpaired) electrons. The van der Waals surface area contributed by atoms with Gasteiger partial charge < -0.3 is 18.8 Å². The molecule has 1 amide bonds. The molecule has 2 aliphatic rings. The number of rotatable bonds is 4. The van der Waals surface area contributed by atoms with Crippen molar-refractivity contribution in [2.24, 2.45) is 5.41 Å². The second-order valence-corrected chi connectivity index (χ2v) is 7.64. The highest BCUT2D eigenvalue weighted by atomic mass is 16.5. The minimum Gasteiger partial charge on any atom is -0.451 e. The molecule has 4 rings (SSSR count). The van der Waals surface area contributed by atoms with E-state index >= 15 is 0 Å². The van der Waals surface area contributed by atoms with E-state index in [1.165, 1.54) is 0 Å². The summed E-state index contributed by atoms with van der Waals surface area (Å²) in [5.41, 5.74) is 1.93. The van der Waals surface area contributed by atoms with Crippen molar-refractivity contribution in [3.05, 3.63) is 35.6 Å². The van der Waals surface area contributed by atoms with E-state index in [1.807, 2.05) is 43.0 Å².